The molecule has 0 amide bonds. The van der Waals surface area contributed by atoms with Gasteiger partial charge in [-0.25, -0.2) is 0 Å². The van der Waals surface area contributed by atoms with Crippen LogP contribution >= 0.6 is 68.0 Å². The van der Waals surface area contributed by atoms with E-state index in [4.69, 9.17) is 56.8 Å². The molecule has 0 saturated carbocycles. The van der Waals surface area contributed by atoms with Crippen molar-refractivity contribution < 1.29 is 56.8 Å². The highest BCUT2D eigenvalue weighted by molar-refractivity contribution is 7.31. The Labute approximate surface area is 381 Å². The van der Waals surface area contributed by atoms with Crippen LogP contribution in [0.2, 0.25) is 0 Å². The first-order chi connectivity index (χ1) is 30.6. The first-order valence-corrected chi connectivity index (χ1v) is 26.0. The molecule has 0 aromatic carbocycles. The summed E-state index contributed by atoms with van der Waals surface area (Å²) in [4.78, 5) is 11.6. The Morgan fingerprint density at radius 2 is 0.355 bits per heavy atom. The van der Waals surface area contributed by atoms with Crippen LogP contribution in [0.3, 0.4) is 0 Å². The molecular weight excluding hydrogens is 913 g/mol. The summed E-state index contributed by atoms with van der Waals surface area (Å²) in [6.45, 7) is 10.8. The predicted molar refractivity (Wildman–Crippen MR) is 244 cm³/mol. The van der Waals surface area contributed by atoms with Crippen molar-refractivity contribution in [1.29, 1.82) is 0 Å². The van der Waals surface area contributed by atoms with E-state index in [1.54, 1.807) is 68.0 Å². The molecule has 12 rings (SSSR count). The van der Waals surface area contributed by atoms with Crippen molar-refractivity contribution in [3.05, 3.63) is 9.75 Å². The van der Waals surface area contributed by atoms with Gasteiger partial charge in [0.1, 0.15) is 0 Å². The van der Waals surface area contributed by atoms with E-state index in [9.17, 15) is 0 Å². The van der Waals surface area contributed by atoms with Crippen LogP contribution in [0, 0.1) is 13.8 Å². The van der Waals surface area contributed by atoms with Gasteiger partial charge in [-0.1, -0.05) is 0 Å². The molecule has 0 atom stereocenters. The Morgan fingerprint density at radius 1 is 0.210 bits per heavy atom. The van der Waals surface area contributed by atoms with Gasteiger partial charge in [-0.2, -0.15) is 0 Å². The van der Waals surface area contributed by atoms with Crippen molar-refractivity contribution in [2.45, 2.75) is 52.4 Å². The second-order valence-electron chi connectivity index (χ2n) is 15.3. The van der Waals surface area contributed by atoms with Crippen molar-refractivity contribution in [3.63, 3.8) is 0 Å². The summed E-state index contributed by atoms with van der Waals surface area (Å²) in [5.41, 5.74) is 0. The maximum absolute atomic E-state index is 6.69. The van der Waals surface area contributed by atoms with Gasteiger partial charge in [-0.15, -0.1) is 68.0 Å². The number of hydrogen-bond donors (Lipinski definition) is 0. The fourth-order valence-corrected chi connectivity index (χ4v) is 15.7. The quantitative estimate of drug-likeness (QED) is 0.164. The molecule has 18 heteroatoms. The van der Waals surface area contributed by atoms with Crippen LogP contribution in [0.25, 0.3) is 48.8 Å². The highest BCUT2D eigenvalue weighted by Gasteiger charge is 2.39. The number of hydrogen-bond acceptors (Lipinski definition) is 18. The normalized spacial score (nSPS) is 17.9. The molecule has 326 valence electrons. The van der Waals surface area contributed by atoms with Crippen LogP contribution in [-0.4, -0.2) is 79.3 Å². The van der Waals surface area contributed by atoms with Crippen molar-refractivity contribution in [1.82, 2.24) is 0 Å². The Balaban J connectivity index is 1.04. The number of fused-ring (bicyclic) bond motifs is 6. The number of rotatable bonds is 5. The molecule has 0 saturated heterocycles. The van der Waals surface area contributed by atoms with Gasteiger partial charge in [0.25, 0.3) is 0 Å². The van der Waals surface area contributed by atoms with Gasteiger partial charge >= 0.3 is 0 Å². The molecule has 0 unspecified atom stereocenters. The second kappa shape index (κ2) is 16.4. The Morgan fingerprint density at radius 3 is 0.548 bits per heavy atom. The average molecular weight is 955 g/mol. The lowest BCUT2D eigenvalue weighted by Crippen LogP contribution is -1.99. The van der Waals surface area contributed by atoms with Crippen LogP contribution in [0.15, 0.2) is 0 Å². The van der Waals surface area contributed by atoms with Crippen LogP contribution in [0.5, 0.6) is 69.0 Å². The molecule has 6 aliphatic rings. The summed E-state index contributed by atoms with van der Waals surface area (Å²) >= 11 is 9.85. The zero-order valence-corrected chi connectivity index (χ0v) is 39.0. The SMILES string of the molecule is Cc1sc(-c2sc(-c3sc(-c4sc(-c5sc(-c6sc(C)c7c6OCCCO7)c6c5OCCCO6)c5c4OCCCO5)c4c3OCCCO4)c3c2OCCCO3)c2c1OCCCO2. The molecule has 6 aromatic heterocycles. The number of ether oxygens (including phenoxy) is 12. The van der Waals surface area contributed by atoms with E-state index in [1.807, 2.05) is 0 Å². The minimum atomic E-state index is 0.516. The molecular formula is C44H42O12S6. The second-order valence-corrected chi connectivity index (χ2v) is 21.8. The standard InChI is InChI=1S/C44H42O12S6/c1-21-23-25(47-11-3-9-45-23)35(57-21)37-27-29(51-15-5-13-49-27)39(59-37)41-31-33(55-19-7-17-53-31)43(61-41)44-34-32(54-18-8-20-56-34)42(62-44)40-30-28(50-14-6-16-52-30)38(60-40)36-26-24(22(2)58-36)46-10-4-12-48-26/h3-20H2,1-2H3. The minimum absolute atomic E-state index is 0.516. The Hall–Kier alpha value is -4.20. The van der Waals surface area contributed by atoms with Crippen molar-refractivity contribution in [2.75, 3.05) is 79.3 Å². The molecule has 12 nitrogen and oxygen atoms in total. The smallest absolute Gasteiger partial charge is 0.181 e. The zero-order valence-electron chi connectivity index (χ0n) is 34.1. The summed E-state index contributed by atoms with van der Waals surface area (Å²) < 4.78 is 78.2. The van der Waals surface area contributed by atoms with Gasteiger partial charge in [-0.05, 0) is 13.8 Å². The number of aryl methyl sites for hydroxylation is 2. The van der Waals surface area contributed by atoms with E-state index in [0.717, 1.165) is 132 Å². The summed E-state index contributed by atoms with van der Waals surface area (Å²) in [6, 6.07) is 0. The first-order valence-electron chi connectivity index (χ1n) is 21.1. The fraction of sp³-hybridized carbons (Fsp3) is 0.455. The highest BCUT2D eigenvalue weighted by atomic mass is 32.1. The fourth-order valence-electron chi connectivity index (χ4n) is 8.21. The van der Waals surface area contributed by atoms with Crippen molar-refractivity contribution in [3.8, 4) is 118 Å². The van der Waals surface area contributed by atoms with Gasteiger partial charge < -0.3 is 56.8 Å². The maximum atomic E-state index is 6.69. The molecule has 0 N–H and O–H groups in total. The van der Waals surface area contributed by atoms with Crippen LogP contribution in [0.1, 0.15) is 48.3 Å². The average Bonchev–Trinajstić information content (AvgIpc) is 3.78. The molecule has 12 heterocycles. The summed E-state index contributed by atoms with van der Waals surface area (Å²) in [5, 5.41) is 0. The van der Waals surface area contributed by atoms with Crippen molar-refractivity contribution in [2.24, 2.45) is 0 Å². The van der Waals surface area contributed by atoms with E-state index in [-0.39, 0.29) is 0 Å². The summed E-state index contributed by atoms with van der Waals surface area (Å²) in [7, 11) is 0. The van der Waals surface area contributed by atoms with Gasteiger partial charge in [-0.3, -0.25) is 0 Å². The molecule has 0 aliphatic carbocycles. The molecule has 0 spiro atoms. The van der Waals surface area contributed by atoms with Gasteiger partial charge in [0.05, 0.1) is 128 Å². The maximum Gasteiger partial charge on any atom is 0.181 e. The molecule has 0 fully saturated rings. The third-order valence-electron chi connectivity index (χ3n) is 11.0. The molecule has 6 aliphatic heterocycles. The van der Waals surface area contributed by atoms with Gasteiger partial charge in [0, 0.05) is 48.3 Å². The van der Waals surface area contributed by atoms with E-state index in [2.05, 4.69) is 13.8 Å². The molecule has 6 aromatic rings. The summed E-state index contributed by atoms with van der Waals surface area (Å²) in [5.74, 6) is 8.86. The van der Waals surface area contributed by atoms with Crippen LogP contribution in [0.4, 0.5) is 0 Å². The topological polar surface area (TPSA) is 111 Å². The van der Waals surface area contributed by atoms with E-state index < -0.39 is 0 Å². The van der Waals surface area contributed by atoms with Gasteiger partial charge in [0.15, 0.2) is 69.0 Å². The zero-order chi connectivity index (χ0) is 41.3. The van der Waals surface area contributed by atoms with Crippen molar-refractivity contribution >= 4 is 68.0 Å². The lowest BCUT2D eigenvalue weighted by Gasteiger charge is -2.08. The third-order valence-corrected chi connectivity index (χ3v) is 18.6. The monoisotopic (exact) mass is 954 g/mol. The van der Waals surface area contributed by atoms with E-state index in [1.165, 1.54) is 0 Å². The Bertz CT molecular complexity index is 2490. The number of thiophene rings is 6. The lowest BCUT2D eigenvalue weighted by atomic mass is 10.2. The lowest BCUT2D eigenvalue weighted by molar-refractivity contribution is 0.295. The third kappa shape index (κ3) is 6.56. The predicted octanol–water partition coefficient (Wildman–Crippen LogP) is 12.0. The molecule has 0 radical (unpaired) electrons. The largest absolute Gasteiger partial charge is 0.488 e. The molecule has 0 bridgehead atoms. The first kappa shape index (κ1) is 39.4. The van der Waals surface area contributed by atoms with E-state index in [0.29, 0.717) is 114 Å². The van der Waals surface area contributed by atoms with Crippen LogP contribution in [-0.2, 0) is 0 Å². The summed E-state index contributed by atoms with van der Waals surface area (Å²) in [6.07, 6.45) is 4.69. The van der Waals surface area contributed by atoms with E-state index >= 15 is 0 Å². The highest BCUT2D eigenvalue weighted by Crippen LogP contribution is 2.68. The Kier molecular flexibility index (Phi) is 10.4. The molecule has 62 heavy (non-hydrogen) atoms. The minimum Gasteiger partial charge on any atom is -0.488 e. The van der Waals surface area contributed by atoms with Gasteiger partial charge in [0.2, 0.25) is 0 Å². The van der Waals surface area contributed by atoms with Crippen LogP contribution < -0.4 is 56.8 Å².